The Hall–Kier alpha value is -3.23. The number of likely N-dealkylation sites (N-methyl/N-ethyl adjacent to an activating group) is 1. The highest BCUT2D eigenvalue weighted by Crippen LogP contribution is 2.47. The number of nitrogen functional groups attached to an aromatic ring is 1. The number of aromatic nitrogens is 2. The number of hydrogen-bond donors (Lipinski definition) is 2. The SMILES string of the molecule is CC.Cc1sc2ccc(N)c(C#N)c2c1-c1c(Cl)cc2c(N3CC4CCC(C3)N4)nc(OC[C@@H]3[C@H](C)CN3C)nc2c1F. The molecule has 3 saturated heterocycles. The molecule has 2 unspecified atom stereocenters. The van der Waals surface area contributed by atoms with Gasteiger partial charge in [0.05, 0.1) is 16.3 Å². The number of nitrogens with one attached hydrogen (secondary N) is 1. The summed E-state index contributed by atoms with van der Waals surface area (Å²) in [6.45, 7) is 11.1. The molecule has 11 heteroatoms. The number of aryl methyl sites for hydroxylation is 1. The second kappa shape index (κ2) is 11.7. The topological polar surface area (TPSA) is 103 Å². The molecule has 4 atom stereocenters. The highest BCUT2D eigenvalue weighted by molar-refractivity contribution is 7.19. The van der Waals surface area contributed by atoms with E-state index in [1.54, 1.807) is 12.1 Å². The van der Waals surface area contributed by atoms with Gasteiger partial charge in [-0.2, -0.15) is 15.2 Å². The minimum Gasteiger partial charge on any atom is -0.462 e. The summed E-state index contributed by atoms with van der Waals surface area (Å²) in [5.41, 5.74) is 7.78. The van der Waals surface area contributed by atoms with Gasteiger partial charge in [-0.15, -0.1) is 11.3 Å². The van der Waals surface area contributed by atoms with E-state index in [-0.39, 0.29) is 28.2 Å². The van der Waals surface area contributed by atoms with Crippen molar-refractivity contribution in [2.75, 3.05) is 43.9 Å². The van der Waals surface area contributed by atoms with Crippen LogP contribution in [0.2, 0.25) is 5.02 Å². The first-order chi connectivity index (χ1) is 20.7. The molecule has 2 bridgehead atoms. The minimum atomic E-state index is -0.553. The summed E-state index contributed by atoms with van der Waals surface area (Å²) < 4.78 is 23.9. The summed E-state index contributed by atoms with van der Waals surface area (Å²) >= 11 is 8.40. The number of hydrogen-bond acceptors (Lipinski definition) is 9. The Morgan fingerprint density at radius 2 is 1.91 bits per heavy atom. The number of likely N-dealkylation sites (tertiary alicyclic amines) is 1. The van der Waals surface area contributed by atoms with Gasteiger partial charge in [0.2, 0.25) is 0 Å². The summed E-state index contributed by atoms with van der Waals surface area (Å²) in [4.78, 5) is 14.8. The van der Waals surface area contributed by atoms with Crippen LogP contribution in [0, 0.1) is 30.0 Å². The number of fused-ring (bicyclic) bond motifs is 4. The molecule has 3 N–H and O–H groups in total. The van der Waals surface area contributed by atoms with E-state index in [9.17, 15) is 5.26 Å². The lowest BCUT2D eigenvalue weighted by Gasteiger charge is -2.43. The van der Waals surface area contributed by atoms with Crippen molar-refractivity contribution >= 4 is 55.4 Å². The van der Waals surface area contributed by atoms with Crippen LogP contribution in [0.1, 0.15) is 44.1 Å². The normalized spacial score (nSPS) is 23.2. The number of anilines is 2. The molecule has 0 saturated carbocycles. The number of nitrogens with two attached hydrogens (primary N) is 1. The molecule has 226 valence electrons. The molecule has 5 heterocycles. The number of piperazine rings is 1. The molecule has 7 rings (SSSR count). The van der Waals surface area contributed by atoms with E-state index >= 15 is 4.39 Å². The molecule has 0 aliphatic carbocycles. The molecule has 2 aromatic heterocycles. The molecule has 0 radical (unpaired) electrons. The Balaban J connectivity index is 0.00000161. The molecule has 0 spiro atoms. The molecule has 2 aromatic carbocycles. The standard InChI is InChI=1S/C30H31ClFN7OS.C2H6/c1-14-10-38(3)22(14)13-40-30-36-28-18(29(37-30)39-11-16-4-5-17(12-39)35-16)8-20(31)26(27(28)32)24-15(2)41-23-7-6-21(34)19(9-33)25(23)24;1-2/h6-8,14,16-17,22,35H,4-5,10-13,34H2,1-3H3;1-2H3/t14-,16?,17?,22-;/m1./s1. The summed E-state index contributed by atoms with van der Waals surface area (Å²) in [5, 5.41) is 15.0. The van der Waals surface area contributed by atoms with Gasteiger partial charge in [-0.25, -0.2) is 4.39 Å². The number of halogens is 2. The van der Waals surface area contributed by atoms with Gasteiger partial charge in [0, 0.05) is 69.2 Å². The van der Waals surface area contributed by atoms with E-state index < -0.39 is 5.82 Å². The van der Waals surface area contributed by atoms with Crippen molar-refractivity contribution in [2.24, 2.45) is 5.92 Å². The lowest BCUT2D eigenvalue weighted by molar-refractivity contribution is 0.0159. The maximum absolute atomic E-state index is 16.9. The predicted molar refractivity (Wildman–Crippen MR) is 174 cm³/mol. The first-order valence-electron chi connectivity index (χ1n) is 15.0. The van der Waals surface area contributed by atoms with Gasteiger partial charge < -0.3 is 20.7 Å². The monoisotopic (exact) mass is 621 g/mol. The van der Waals surface area contributed by atoms with Crippen molar-refractivity contribution in [3.05, 3.63) is 39.5 Å². The average Bonchev–Trinajstić information content (AvgIpc) is 3.51. The molecule has 3 fully saturated rings. The van der Waals surface area contributed by atoms with Gasteiger partial charge in [0.1, 0.15) is 24.0 Å². The summed E-state index contributed by atoms with van der Waals surface area (Å²) in [6.07, 6.45) is 2.21. The van der Waals surface area contributed by atoms with Crippen LogP contribution in [-0.2, 0) is 0 Å². The highest BCUT2D eigenvalue weighted by Gasteiger charge is 2.36. The molecule has 3 aliphatic heterocycles. The second-order valence-corrected chi connectivity index (χ2v) is 13.3. The zero-order valence-electron chi connectivity index (χ0n) is 25.2. The Morgan fingerprint density at radius 1 is 1.19 bits per heavy atom. The van der Waals surface area contributed by atoms with Gasteiger partial charge in [0.25, 0.3) is 0 Å². The van der Waals surface area contributed by atoms with Crippen molar-refractivity contribution in [1.29, 1.82) is 5.26 Å². The fourth-order valence-electron chi connectivity index (χ4n) is 6.87. The van der Waals surface area contributed by atoms with Gasteiger partial charge in [-0.05, 0) is 50.9 Å². The number of rotatable bonds is 5. The number of thiophene rings is 1. The third kappa shape index (κ3) is 5.06. The third-order valence-corrected chi connectivity index (χ3v) is 10.3. The van der Waals surface area contributed by atoms with Gasteiger partial charge >= 0.3 is 6.01 Å². The average molecular weight is 622 g/mol. The first kappa shape index (κ1) is 29.8. The van der Waals surface area contributed by atoms with E-state index in [1.165, 1.54) is 11.3 Å². The summed E-state index contributed by atoms with van der Waals surface area (Å²) in [6, 6.07) is 8.70. The van der Waals surface area contributed by atoms with E-state index in [0.717, 1.165) is 42.1 Å². The minimum absolute atomic E-state index is 0.159. The molecule has 8 nitrogen and oxygen atoms in total. The maximum Gasteiger partial charge on any atom is 0.319 e. The van der Waals surface area contributed by atoms with Gasteiger partial charge in [0.15, 0.2) is 5.82 Å². The molecule has 3 aliphatic rings. The van der Waals surface area contributed by atoms with E-state index in [2.05, 4.69) is 40.1 Å². The predicted octanol–water partition coefficient (Wildman–Crippen LogP) is 6.36. The summed E-state index contributed by atoms with van der Waals surface area (Å²) in [5.74, 6) is 0.587. The third-order valence-electron chi connectivity index (χ3n) is 8.97. The van der Waals surface area contributed by atoms with Crippen LogP contribution < -0.4 is 20.7 Å². The van der Waals surface area contributed by atoms with Crippen LogP contribution in [0.3, 0.4) is 0 Å². The van der Waals surface area contributed by atoms with Crippen LogP contribution in [-0.4, -0.2) is 66.3 Å². The molecular formula is C32H37ClFN7OS. The number of nitriles is 1. The van der Waals surface area contributed by atoms with Crippen LogP contribution in [0.4, 0.5) is 15.9 Å². The van der Waals surface area contributed by atoms with Crippen molar-refractivity contribution in [3.63, 3.8) is 0 Å². The number of nitrogens with zero attached hydrogens (tertiary/aromatic N) is 5. The first-order valence-corrected chi connectivity index (χ1v) is 16.2. The molecular weight excluding hydrogens is 585 g/mol. The van der Waals surface area contributed by atoms with Crippen molar-refractivity contribution < 1.29 is 9.13 Å². The molecule has 4 aromatic rings. The second-order valence-electron chi connectivity index (χ2n) is 11.7. The van der Waals surface area contributed by atoms with Crippen LogP contribution in [0.5, 0.6) is 6.01 Å². The van der Waals surface area contributed by atoms with Crippen LogP contribution >= 0.6 is 22.9 Å². The largest absolute Gasteiger partial charge is 0.462 e. The van der Waals surface area contributed by atoms with Crippen molar-refractivity contribution in [3.8, 4) is 23.2 Å². The fourth-order valence-corrected chi connectivity index (χ4v) is 8.24. The molecule has 0 amide bonds. The quantitative estimate of drug-likeness (QED) is 0.248. The summed E-state index contributed by atoms with van der Waals surface area (Å²) in [7, 11) is 2.07. The maximum atomic E-state index is 16.9. The van der Waals surface area contributed by atoms with Gasteiger partial charge in [-0.1, -0.05) is 32.4 Å². The van der Waals surface area contributed by atoms with Gasteiger partial charge in [-0.3, -0.25) is 4.90 Å². The van der Waals surface area contributed by atoms with E-state index in [1.807, 2.05) is 26.8 Å². The Morgan fingerprint density at radius 3 is 2.56 bits per heavy atom. The van der Waals surface area contributed by atoms with Crippen molar-refractivity contribution in [1.82, 2.24) is 20.2 Å². The zero-order chi connectivity index (χ0) is 30.6. The van der Waals surface area contributed by atoms with Crippen LogP contribution in [0.15, 0.2) is 18.2 Å². The number of benzene rings is 2. The number of ether oxygens (including phenoxy) is 1. The Bertz CT molecular complexity index is 1730. The lowest BCUT2D eigenvalue weighted by Crippen LogP contribution is -2.55. The zero-order valence-corrected chi connectivity index (χ0v) is 26.7. The Labute approximate surface area is 260 Å². The fraction of sp³-hybridized carbons (Fsp3) is 0.469. The highest BCUT2D eigenvalue weighted by atomic mass is 35.5. The smallest absolute Gasteiger partial charge is 0.319 e. The van der Waals surface area contributed by atoms with E-state index in [0.29, 0.717) is 58.0 Å². The van der Waals surface area contributed by atoms with Crippen molar-refractivity contribution in [2.45, 2.75) is 58.7 Å². The molecule has 43 heavy (non-hydrogen) atoms. The Kier molecular flexibility index (Phi) is 8.11. The van der Waals surface area contributed by atoms with E-state index in [4.69, 9.17) is 27.1 Å². The lowest BCUT2D eigenvalue weighted by atomic mass is 9.92. The van der Waals surface area contributed by atoms with Crippen LogP contribution in [0.25, 0.3) is 32.1 Å².